The SMILES string of the molecule is O=C(CNC(=O)c1ccc2c(c1)OCCO2)N/N=C\c1ccc2c(c1)OCO2. The second-order valence-electron chi connectivity index (χ2n) is 5.95. The van der Waals surface area contributed by atoms with E-state index in [1.165, 1.54) is 6.21 Å². The minimum absolute atomic E-state index is 0.190. The van der Waals surface area contributed by atoms with Crippen molar-refractivity contribution in [1.29, 1.82) is 0 Å². The highest BCUT2D eigenvalue weighted by atomic mass is 16.7. The van der Waals surface area contributed by atoms with Crippen LogP contribution in [0, 0.1) is 0 Å². The van der Waals surface area contributed by atoms with Crippen molar-refractivity contribution in [2.75, 3.05) is 26.6 Å². The number of nitrogens with zero attached hydrogens (tertiary/aromatic N) is 1. The summed E-state index contributed by atoms with van der Waals surface area (Å²) in [6.07, 6.45) is 1.47. The Morgan fingerprint density at radius 1 is 0.929 bits per heavy atom. The van der Waals surface area contributed by atoms with Crippen molar-refractivity contribution in [2.24, 2.45) is 5.10 Å². The second-order valence-corrected chi connectivity index (χ2v) is 5.95. The van der Waals surface area contributed by atoms with E-state index in [4.69, 9.17) is 18.9 Å². The molecule has 0 aliphatic carbocycles. The highest BCUT2D eigenvalue weighted by Crippen LogP contribution is 2.32. The lowest BCUT2D eigenvalue weighted by molar-refractivity contribution is -0.120. The van der Waals surface area contributed by atoms with E-state index in [0.29, 0.717) is 41.8 Å². The van der Waals surface area contributed by atoms with Crippen LogP contribution in [0.25, 0.3) is 0 Å². The molecule has 0 saturated carbocycles. The highest BCUT2D eigenvalue weighted by Gasteiger charge is 2.15. The predicted octanol–water partition coefficient (Wildman–Crippen LogP) is 1.07. The second kappa shape index (κ2) is 7.87. The van der Waals surface area contributed by atoms with Crippen LogP contribution in [0.4, 0.5) is 0 Å². The fourth-order valence-electron chi connectivity index (χ4n) is 2.66. The average Bonchev–Trinajstić information content (AvgIpc) is 3.19. The molecule has 144 valence electrons. The quantitative estimate of drug-likeness (QED) is 0.591. The molecule has 2 amide bonds. The number of carbonyl (C=O) groups excluding carboxylic acids is 2. The van der Waals surface area contributed by atoms with Crippen LogP contribution >= 0.6 is 0 Å². The molecule has 4 rings (SSSR count). The fraction of sp³-hybridized carbons (Fsp3) is 0.211. The van der Waals surface area contributed by atoms with Gasteiger partial charge >= 0.3 is 0 Å². The van der Waals surface area contributed by atoms with E-state index in [0.717, 1.165) is 5.56 Å². The molecule has 28 heavy (non-hydrogen) atoms. The van der Waals surface area contributed by atoms with E-state index >= 15 is 0 Å². The molecule has 0 radical (unpaired) electrons. The number of rotatable bonds is 5. The van der Waals surface area contributed by atoms with Gasteiger partial charge in [0.15, 0.2) is 23.0 Å². The standard InChI is InChI=1S/C19H17N3O6/c23-18(22-21-9-12-1-3-15-16(7-12)28-11-27-15)10-20-19(24)13-2-4-14-17(8-13)26-6-5-25-14/h1-4,7-9H,5-6,10-11H2,(H,20,24)(H,22,23)/b21-9-. The van der Waals surface area contributed by atoms with Crippen LogP contribution in [0.1, 0.15) is 15.9 Å². The number of nitrogens with one attached hydrogen (secondary N) is 2. The Morgan fingerprint density at radius 3 is 2.54 bits per heavy atom. The summed E-state index contributed by atoms with van der Waals surface area (Å²) < 4.78 is 21.4. The van der Waals surface area contributed by atoms with Crippen LogP contribution in [0.5, 0.6) is 23.0 Å². The minimum Gasteiger partial charge on any atom is -0.486 e. The largest absolute Gasteiger partial charge is 0.486 e. The van der Waals surface area contributed by atoms with Gasteiger partial charge in [0.1, 0.15) is 13.2 Å². The van der Waals surface area contributed by atoms with Gasteiger partial charge in [-0.2, -0.15) is 5.10 Å². The van der Waals surface area contributed by atoms with E-state index in [1.54, 1.807) is 36.4 Å². The van der Waals surface area contributed by atoms with Gasteiger partial charge in [-0.1, -0.05) is 0 Å². The lowest BCUT2D eigenvalue weighted by Crippen LogP contribution is -2.35. The molecular weight excluding hydrogens is 366 g/mol. The Hall–Kier alpha value is -3.75. The van der Waals surface area contributed by atoms with E-state index in [2.05, 4.69) is 15.8 Å². The zero-order valence-corrected chi connectivity index (χ0v) is 14.8. The van der Waals surface area contributed by atoms with Gasteiger partial charge in [-0.15, -0.1) is 0 Å². The monoisotopic (exact) mass is 383 g/mol. The number of benzene rings is 2. The van der Waals surface area contributed by atoms with Crippen molar-refractivity contribution in [3.8, 4) is 23.0 Å². The summed E-state index contributed by atoms with van der Waals surface area (Å²) in [5.41, 5.74) is 3.47. The summed E-state index contributed by atoms with van der Waals surface area (Å²) in [5, 5.41) is 6.40. The molecule has 2 aliphatic rings. The Labute approximate surface area is 160 Å². The first-order valence-corrected chi connectivity index (χ1v) is 8.58. The summed E-state index contributed by atoms with van der Waals surface area (Å²) in [6.45, 7) is 0.884. The molecule has 2 N–H and O–H groups in total. The van der Waals surface area contributed by atoms with Gasteiger partial charge in [0.25, 0.3) is 11.8 Å². The summed E-state index contributed by atoms with van der Waals surface area (Å²) in [6, 6.07) is 10.2. The maximum absolute atomic E-state index is 12.2. The zero-order valence-electron chi connectivity index (χ0n) is 14.8. The molecule has 2 heterocycles. The molecule has 0 spiro atoms. The van der Waals surface area contributed by atoms with Crippen LogP contribution < -0.4 is 29.7 Å². The third-order valence-electron chi connectivity index (χ3n) is 4.01. The van der Waals surface area contributed by atoms with Crippen molar-refractivity contribution >= 4 is 18.0 Å². The first kappa shape index (κ1) is 17.7. The maximum Gasteiger partial charge on any atom is 0.259 e. The number of ether oxygens (including phenoxy) is 4. The topological polar surface area (TPSA) is 107 Å². The van der Waals surface area contributed by atoms with Crippen LogP contribution in [0.3, 0.4) is 0 Å². The van der Waals surface area contributed by atoms with Gasteiger partial charge in [0.05, 0.1) is 12.8 Å². The lowest BCUT2D eigenvalue weighted by atomic mass is 10.2. The van der Waals surface area contributed by atoms with E-state index in [-0.39, 0.29) is 13.3 Å². The first-order valence-electron chi connectivity index (χ1n) is 8.58. The number of hydrogen-bond donors (Lipinski definition) is 2. The molecule has 0 fully saturated rings. The minimum atomic E-state index is -0.456. The normalized spacial score (nSPS) is 14.0. The highest BCUT2D eigenvalue weighted by molar-refractivity contribution is 5.97. The Balaban J connectivity index is 1.26. The molecule has 0 aromatic heterocycles. The predicted molar refractivity (Wildman–Crippen MR) is 98.1 cm³/mol. The van der Waals surface area contributed by atoms with Crippen molar-refractivity contribution < 1.29 is 28.5 Å². The lowest BCUT2D eigenvalue weighted by Gasteiger charge is -2.18. The molecule has 0 unspecified atom stereocenters. The van der Waals surface area contributed by atoms with Crippen LogP contribution in [-0.2, 0) is 4.79 Å². The van der Waals surface area contributed by atoms with Crippen molar-refractivity contribution in [2.45, 2.75) is 0 Å². The molecule has 2 aliphatic heterocycles. The summed E-state index contributed by atoms with van der Waals surface area (Å²) in [7, 11) is 0. The Bertz CT molecular complexity index is 943. The molecule has 2 aromatic carbocycles. The Morgan fingerprint density at radius 2 is 1.64 bits per heavy atom. The zero-order chi connectivity index (χ0) is 19.3. The van der Waals surface area contributed by atoms with Crippen LogP contribution in [0.2, 0.25) is 0 Å². The summed E-state index contributed by atoms with van der Waals surface area (Å²) >= 11 is 0. The van der Waals surface area contributed by atoms with Gasteiger partial charge in [0.2, 0.25) is 6.79 Å². The van der Waals surface area contributed by atoms with E-state index in [1.807, 2.05) is 0 Å². The van der Waals surface area contributed by atoms with Gasteiger partial charge in [-0.3, -0.25) is 9.59 Å². The van der Waals surface area contributed by atoms with E-state index < -0.39 is 11.8 Å². The van der Waals surface area contributed by atoms with Crippen molar-refractivity contribution in [1.82, 2.24) is 10.7 Å². The number of amides is 2. The average molecular weight is 383 g/mol. The molecule has 0 bridgehead atoms. The van der Waals surface area contributed by atoms with Crippen LogP contribution in [0.15, 0.2) is 41.5 Å². The molecule has 2 aromatic rings. The van der Waals surface area contributed by atoms with Gasteiger partial charge < -0.3 is 24.3 Å². The number of hydrogen-bond acceptors (Lipinski definition) is 7. The number of fused-ring (bicyclic) bond motifs is 2. The fourth-order valence-corrected chi connectivity index (χ4v) is 2.66. The number of carbonyl (C=O) groups is 2. The summed E-state index contributed by atoms with van der Waals surface area (Å²) in [5.74, 6) is 1.55. The van der Waals surface area contributed by atoms with Gasteiger partial charge in [-0.25, -0.2) is 5.43 Å². The molecular formula is C19H17N3O6. The smallest absolute Gasteiger partial charge is 0.259 e. The van der Waals surface area contributed by atoms with Gasteiger partial charge in [-0.05, 0) is 42.0 Å². The molecule has 9 heteroatoms. The van der Waals surface area contributed by atoms with Crippen LogP contribution in [-0.4, -0.2) is 44.6 Å². The number of hydrazone groups is 1. The third kappa shape index (κ3) is 3.98. The first-order chi connectivity index (χ1) is 13.7. The molecule has 0 saturated heterocycles. The van der Waals surface area contributed by atoms with E-state index in [9.17, 15) is 9.59 Å². The summed E-state index contributed by atoms with van der Waals surface area (Å²) in [4.78, 5) is 24.0. The molecule has 0 atom stereocenters. The Kier molecular flexibility index (Phi) is 4.96. The van der Waals surface area contributed by atoms with Gasteiger partial charge in [0, 0.05) is 5.56 Å². The molecule has 9 nitrogen and oxygen atoms in total. The maximum atomic E-state index is 12.2. The van der Waals surface area contributed by atoms with Crippen molar-refractivity contribution in [3.05, 3.63) is 47.5 Å². The third-order valence-corrected chi connectivity index (χ3v) is 4.01. The van der Waals surface area contributed by atoms with Crippen molar-refractivity contribution in [3.63, 3.8) is 0 Å².